The van der Waals surface area contributed by atoms with Crippen molar-refractivity contribution >= 4 is 23.1 Å². The van der Waals surface area contributed by atoms with E-state index in [9.17, 15) is 0 Å². The maximum Gasteiger partial charge on any atom is 0.173 e. The summed E-state index contributed by atoms with van der Waals surface area (Å²) in [6, 6.07) is 14.9. The van der Waals surface area contributed by atoms with Crippen LogP contribution in [0.15, 0.2) is 53.6 Å². The Morgan fingerprint density at radius 2 is 1.89 bits per heavy atom. The fourth-order valence-electron chi connectivity index (χ4n) is 1.65. The molecule has 2 aromatic rings. The number of hydrogen-bond donors (Lipinski definition) is 3. The number of amidine groups is 1. The molecule has 0 spiro atoms. The van der Waals surface area contributed by atoms with E-state index < -0.39 is 0 Å². The Hall–Kier alpha value is -2.20. The summed E-state index contributed by atoms with van der Waals surface area (Å²) in [6.07, 6.45) is 0. The third-order valence-electron chi connectivity index (χ3n) is 2.66. The second kappa shape index (κ2) is 6.11. The lowest BCUT2D eigenvalue weighted by Crippen LogP contribution is -2.01. The lowest BCUT2D eigenvalue weighted by atomic mass is 10.1. The third kappa shape index (κ3) is 3.63. The molecule has 2 rings (SSSR count). The fraction of sp³-hybridized carbons (Fsp3) is 0.0714. The second-order valence-corrected chi connectivity index (χ2v) is 4.46. The van der Waals surface area contributed by atoms with Gasteiger partial charge < -0.3 is 5.32 Å². The molecule has 0 atom stereocenters. The van der Waals surface area contributed by atoms with Crippen molar-refractivity contribution in [2.24, 2.45) is 5.11 Å². The third-order valence-corrected chi connectivity index (χ3v) is 2.91. The zero-order chi connectivity index (χ0) is 13.7. The van der Waals surface area contributed by atoms with E-state index in [0.717, 1.165) is 16.3 Å². The molecule has 0 amide bonds. The van der Waals surface area contributed by atoms with E-state index in [1.165, 1.54) is 0 Å². The molecule has 0 bridgehead atoms. The van der Waals surface area contributed by atoms with Gasteiger partial charge in [0.25, 0.3) is 0 Å². The molecule has 0 fully saturated rings. The Labute approximate surface area is 116 Å². The van der Waals surface area contributed by atoms with Gasteiger partial charge in [0, 0.05) is 22.8 Å². The summed E-state index contributed by atoms with van der Waals surface area (Å²) in [4.78, 5) is 0. The van der Waals surface area contributed by atoms with Gasteiger partial charge in [-0.05, 0) is 29.8 Å². The molecule has 0 saturated heterocycles. The van der Waals surface area contributed by atoms with Crippen LogP contribution in [0, 0.1) is 10.9 Å². The molecule has 0 aromatic heterocycles. The second-order valence-electron chi connectivity index (χ2n) is 4.02. The number of nitrogens with one attached hydrogen (secondary N) is 3. The molecule has 2 aromatic carbocycles. The van der Waals surface area contributed by atoms with Crippen molar-refractivity contribution in [3.05, 3.63) is 64.7 Å². The van der Waals surface area contributed by atoms with E-state index in [-0.39, 0.29) is 5.84 Å². The van der Waals surface area contributed by atoms with Gasteiger partial charge in [0.1, 0.15) is 0 Å². The zero-order valence-corrected chi connectivity index (χ0v) is 10.9. The first-order valence-electron chi connectivity index (χ1n) is 5.74. The highest BCUT2D eigenvalue weighted by Gasteiger charge is 2.01. The number of benzene rings is 2. The van der Waals surface area contributed by atoms with Gasteiger partial charge in [-0.1, -0.05) is 35.9 Å². The molecule has 0 heterocycles. The number of rotatable bonds is 4. The van der Waals surface area contributed by atoms with Crippen molar-refractivity contribution in [1.82, 2.24) is 0 Å². The first-order chi connectivity index (χ1) is 9.19. The molecular weight excluding hydrogens is 260 g/mol. The first kappa shape index (κ1) is 13.2. The topological polar surface area (TPSA) is 72.1 Å². The Kier molecular flexibility index (Phi) is 4.26. The summed E-state index contributed by atoms with van der Waals surface area (Å²) in [5.41, 5.74) is 9.47. The summed E-state index contributed by atoms with van der Waals surface area (Å²) in [6.45, 7) is 0.673. The predicted molar refractivity (Wildman–Crippen MR) is 77.2 cm³/mol. The molecule has 0 aliphatic rings. The van der Waals surface area contributed by atoms with E-state index in [0.29, 0.717) is 12.1 Å². The van der Waals surface area contributed by atoms with E-state index in [1.54, 1.807) is 12.1 Å². The molecule has 0 aliphatic carbocycles. The largest absolute Gasteiger partial charge is 0.381 e. The average Bonchev–Trinajstić information content (AvgIpc) is 2.46. The van der Waals surface area contributed by atoms with Gasteiger partial charge in [-0.2, -0.15) is 0 Å². The number of hydrogen-bond acceptors (Lipinski definition) is 3. The smallest absolute Gasteiger partial charge is 0.173 e. The van der Waals surface area contributed by atoms with Crippen LogP contribution in [0.4, 0.5) is 5.69 Å². The van der Waals surface area contributed by atoms with Crippen molar-refractivity contribution in [1.29, 1.82) is 10.9 Å². The van der Waals surface area contributed by atoms with Crippen LogP contribution in [0.1, 0.15) is 11.1 Å². The van der Waals surface area contributed by atoms with Crippen LogP contribution in [0.5, 0.6) is 0 Å². The van der Waals surface area contributed by atoms with Crippen LogP contribution in [0.3, 0.4) is 0 Å². The van der Waals surface area contributed by atoms with Crippen molar-refractivity contribution in [2.75, 3.05) is 5.32 Å². The monoisotopic (exact) mass is 272 g/mol. The van der Waals surface area contributed by atoms with Crippen molar-refractivity contribution < 1.29 is 0 Å². The summed E-state index contributed by atoms with van der Waals surface area (Å²) >= 11 is 5.83. The predicted octanol–water partition coefficient (Wildman–Crippen LogP) is 4.31. The van der Waals surface area contributed by atoms with Crippen LogP contribution in [0.25, 0.3) is 0 Å². The Balaban J connectivity index is 2.05. The van der Waals surface area contributed by atoms with Crippen LogP contribution >= 0.6 is 11.6 Å². The van der Waals surface area contributed by atoms with Crippen LogP contribution < -0.4 is 5.32 Å². The molecule has 19 heavy (non-hydrogen) atoms. The maximum absolute atomic E-state index is 7.50. The summed E-state index contributed by atoms with van der Waals surface area (Å²) in [5.74, 6) is -0.0462. The van der Waals surface area contributed by atoms with Gasteiger partial charge in [-0.3, -0.25) is 5.41 Å². The Morgan fingerprint density at radius 3 is 2.58 bits per heavy atom. The number of halogens is 1. The summed E-state index contributed by atoms with van der Waals surface area (Å²) < 4.78 is 0. The van der Waals surface area contributed by atoms with E-state index in [2.05, 4.69) is 10.4 Å². The molecule has 0 radical (unpaired) electrons. The highest BCUT2D eigenvalue weighted by molar-refractivity contribution is 6.30. The molecule has 96 valence electrons. The maximum atomic E-state index is 7.50. The summed E-state index contributed by atoms with van der Waals surface area (Å²) in [7, 11) is 0. The van der Waals surface area contributed by atoms with Crippen molar-refractivity contribution in [2.45, 2.75) is 6.54 Å². The Bertz CT molecular complexity index is 593. The lowest BCUT2D eigenvalue weighted by Gasteiger charge is -2.08. The normalized spacial score (nSPS) is 9.95. The first-order valence-corrected chi connectivity index (χ1v) is 6.11. The molecule has 0 unspecified atom stereocenters. The Morgan fingerprint density at radius 1 is 1.16 bits per heavy atom. The van der Waals surface area contributed by atoms with Crippen LogP contribution in [0.2, 0.25) is 5.02 Å². The van der Waals surface area contributed by atoms with Crippen LogP contribution in [-0.2, 0) is 6.54 Å². The lowest BCUT2D eigenvalue weighted by molar-refractivity contribution is 1.14. The van der Waals surface area contributed by atoms with Gasteiger partial charge in [0.2, 0.25) is 0 Å². The van der Waals surface area contributed by atoms with E-state index >= 15 is 0 Å². The van der Waals surface area contributed by atoms with E-state index in [1.807, 2.05) is 36.4 Å². The summed E-state index contributed by atoms with van der Waals surface area (Å²) in [5, 5.41) is 14.6. The van der Waals surface area contributed by atoms with Crippen LogP contribution in [-0.4, -0.2) is 5.84 Å². The van der Waals surface area contributed by atoms with Gasteiger partial charge >= 0.3 is 0 Å². The molecule has 0 saturated carbocycles. The average molecular weight is 273 g/mol. The minimum atomic E-state index is -0.0462. The SMILES string of the molecule is N=NC(=N)c1cccc(NCc2ccc(Cl)cc2)c1. The quantitative estimate of drug-likeness (QED) is 0.433. The number of nitrogens with zero attached hydrogens (tertiary/aromatic N) is 1. The molecule has 3 N–H and O–H groups in total. The van der Waals surface area contributed by atoms with Gasteiger partial charge in [0.15, 0.2) is 5.84 Å². The highest BCUT2D eigenvalue weighted by atomic mass is 35.5. The van der Waals surface area contributed by atoms with Gasteiger partial charge in [-0.15, -0.1) is 5.11 Å². The van der Waals surface area contributed by atoms with Gasteiger partial charge in [0.05, 0.1) is 0 Å². The van der Waals surface area contributed by atoms with E-state index in [4.69, 9.17) is 22.5 Å². The number of anilines is 1. The van der Waals surface area contributed by atoms with Crippen molar-refractivity contribution in [3.63, 3.8) is 0 Å². The van der Waals surface area contributed by atoms with Gasteiger partial charge in [-0.25, -0.2) is 5.53 Å². The fourth-order valence-corrected chi connectivity index (χ4v) is 1.77. The minimum Gasteiger partial charge on any atom is -0.381 e. The molecular formula is C14H13ClN4. The highest BCUT2D eigenvalue weighted by Crippen LogP contribution is 2.14. The molecule has 0 aliphatic heterocycles. The standard InChI is InChI=1S/C14H13ClN4/c15-12-6-4-10(5-7-12)9-18-13-3-1-2-11(8-13)14(16)19-17/h1-8,16-18H,9H2. The molecule has 4 nitrogen and oxygen atoms in total. The zero-order valence-electron chi connectivity index (χ0n) is 10.2. The van der Waals surface area contributed by atoms with Crippen molar-refractivity contribution in [3.8, 4) is 0 Å². The minimum absolute atomic E-state index is 0.0462. The molecule has 5 heteroatoms.